The lowest BCUT2D eigenvalue weighted by atomic mass is 9.76. The zero-order chi connectivity index (χ0) is 44.6. The quantitative estimate of drug-likeness (QED) is 0.125. The fourth-order valence-electron chi connectivity index (χ4n) is 10.5. The van der Waals surface area contributed by atoms with Gasteiger partial charge in [0.05, 0.1) is 0 Å². The third-order valence-corrected chi connectivity index (χ3v) is 14.3. The first-order valence-electron chi connectivity index (χ1n) is 23.4. The van der Waals surface area contributed by atoms with E-state index in [0.717, 1.165) is 23.5 Å². The van der Waals surface area contributed by atoms with Crippen LogP contribution in [0.5, 0.6) is 0 Å². The molecular formula is C65H53N. The lowest BCUT2D eigenvalue weighted by Gasteiger charge is -2.29. The van der Waals surface area contributed by atoms with Crippen LogP contribution in [0.1, 0.15) is 60.4 Å². The molecule has 1 aliphatic carbocycles. The second kappa shape index (κ2) is 17.3. The van der Waals surface area contributed by atoms with Crippen LogP contribution in [0, 0.1) is 0 Å². The maximum absolute atomic E-state index is 2.53. The number of rotatable bonds is 11. The van der Waals surface area contributed by atoms with Gasteiger partial charge in [0.2, 0.25) is 0 Å². The molecule has 0 aromatic heterocycles. The predicted molar refractivity (Wildman–Crippen MR) is 280 cm³/mol. The van der Waals surface area contributed by atoms with Crippen molar-refractivity contribution in [3.63, 3.8) is 0 Å². The Kier molecular flexibility index (Phi) is 10.8. The van der Waals surface area contributed by atoms with Gasteiger partial charge in [0.1, 0.15) is 0 Å². The molecule has 0 radical (unpaired) electrons. The summed E-state index contributed by atoms with van der Waals surface area (Å²) in [4.78, 5) is 2.40. The third-order valence-electron chi connectivity index (χ3n) is 14.3. The molecule has 2 unspecified atom stereocenters. The second-order valence-electron chi connectivity index (χ2n) is 18.6. The van der Waals surface area contributed by atoms with Crippen LogP contribution in [-0.2, 0) is 11.8 Å². The van der Waals surface area contributed by atoms with Crippen molar-refractivity contribution in [2.45, 2.75) is 44.4 Å². The highest BCUT2D eigenvalue weighted by atomic mass is 15.1. The number of fused-ring (bicyclic) bond motifs is 4. The van der Waals surface area contributed by atoms with Gasteiger partial charge in [-0.25, -0.2) is 0 Å². The first kappa shape index (κ1) is 41.0. The van der Waals surface area contributed by atoms with E-state index in [1.54, 1.807) is 0 Å². The number of nitrogens with zero attached hydrogens (tertiary/aromatic N) is 1. The van der Waals surface area contributed by atoms with Crippen molar-refractivity contribution in [1.82, 2.24) is 0 Å². The summed E-state index contributed by atoms with van der Waals surface area (Å²) in [6, 6.07) is 89.5. The largest absolute Gasteiger partial charge is 0.310 e. The molecule has 10 aromatic rings. The molecule has 0 aliphatic heterocycles. The zero-order valence-electron chi connectivity index (χ0n) is 37.9. The van der Waals surface area contributed by atoms with Crippen molar-refractivity contribution >= 4 is 27.8 Å². The fraction of sp³-hybridized carbons (Fsp3) is 0.108. The molecule has 0 spiro atoms. The van der Waals surface area contributed by atoms with Gasteiger partial charge in [-0.2, -0.15) is 0 Å². The van der Waals surface area contributed by atoms with E-state index in [0.29, 0.717) is 0 Å². The number of para-hydroxylation sites is 1. The van der Waals surface area contributed by atoms with Gasteiger partial charge in [0.15, 0.2) is 0 Å². The van der Waals surface area contributed by atoms with Crippen LogP contribution >= 0.6 is 0 Å². The molecule has 1 heteroatoms. The van der Waals surface area contributed by atoms with Gasteiger partial charge in [-0.3, -0.25) is 0 Å². The van der Waals surface area contributed by atoms with Gasteiger partial charge < -0.3 is 4.90 Å². The maximum atomic E-state index is 2.53. The summed E-state index contributed by atoms with van der Waals surface area (Å²) < 4.78 is 0. The number of hydrogen-bond acceptors (Lipinski definition) is 1. The Bertz CT molecular complexity index is 3280. The van der Waals surface area contributed by atoms with Crippen molar-refractivity contribution in [2.75, 3.05) is 4.90 Å². The summed E-state index contributed by atoms with van der Waals surface area (Å²) in [5, 5.41) is 2.58. The topological polar surface area (TPSA) is 3.24 Å². The van der Waals surface area contributed by atoms with Gasteiger partial charge in [-0.1, -0.05) is 227 Å². The molecule has 11 rings (SSSR count). The minimum atomic E-state index is -0.195. The molecular weight excluding hydrogens is 795 g/mol. The maximum Gasteiger partial charge on any atom is 0.0465 e. The van der Waals surface area contributed by atoms with Crippen LogP contribution in [0.15, 0.2) is 243 Å². The summed E-state index contributed by atoms with van der Waals surface area (Å²) in [6.07, 6.45) is 0.956. The number of benzene rings is 10. The van der Waals surface area contributed by atoms with Gasteiger partial charge >= 0.3 is 0 Å². The molecule has 10 aromatic carbocycles. The molecule has 1 aliphatic rings. The first-order valence-corrected chi connectivity index (χ1v) is 23.4. The van der Waals surface area contributed by atoms with Crippen LogP contribution in [0.25, 0.3) is 55.3 Å². The Hall–Kier alpha value is -7.74. The van der Waals surface area contributed by atoms with Crippen LogP contribution in [-0.4, -0.2) is 0 Å². The lowest BCUT2D eigenvalue weighted by Crippen LogP contribution is -2.18. The average molecular weight is 848 g/mol. The van der Waals surface area contributed by atoms with Gasteiger partial charge in [-0.15, -0.1) is 0 Å². The Morgan fingerprint density at radius 2 is 0.803 bits per heavy atom. The normalized spacial score (nSPS) is 13.4. The lowest BCUT2D eigenvalue weighted by molar-refractivity contribution is 0.570. The Balaban J connectivity index is 0.911. The van der Waals surface area contributed by atoms with Crippen LogP contribution in [0.3, 0.4) is 0 Å². The summed E-state index contributed by atoms with van der Waals surface area (Å²) in [6.45, 7) is 7.26. The molecule has 0 saturated heterocycles. The zero-order valence-corrected chi connectivity index (χ0v) is 37.9. The van der Waals surface area contributed by atoms with E-state index in [2.05, 4.69) is 268 Å². The molecule has 0 amide bonds. The summed E-state index contributed by atoms with van der Waals surface area (Å²) in [5.41, 5.74) is 20.1. The van der Waals surface area contributed by atoms with Crippen molar-refractivity contribution in [2.24, 2.45) is 0 Å². The average Bonchev–Trinajstić information content (AvgIpc) is 3.61. The van der Waals surface area contributed by atoms with Gasteiger partial charge in [0, 0.05) is 22.5 Å². The predicted octanol–water partition coefficient (Wildman–Crippen LogP) is 17.7. The van der Waals surface area contributed by atoms with Crippen molar-refractivity contribution < 1.29 is 0 Å². The SMILES string of the molecule is CC(c1ccc2c(c1)C(C)(C)c1cc(N(c3ccccc3)c3ccc(-c4ccc(-c5ccccc5)cc4)cc3)ccc1-2)C(Cc1ccc2ccccc2c1)c1ccc(-c2ccccc2)cc1. The molecule has 2 atom stereocenters. The van der Waals surface area contributed by atoms with E-state index in [4.69, 9.17) is 0 Å². The second-order valence-corrected chi connectivity index (χ2v) is 18.6. The highest BCUT2D eigenvalue weighted by Gasteiger charge is 2.37. The standard InChI is InChI=1S/C65H53N/c1-45(62(42-46-23-24-49-19-13-14-20-56(49)41-46)54-31-29-51(30-32-54)48-17-9-5-10-18-48)55-35-39-60-61-40-38-59(44-64(61)65(2,3)63(60)43-55)66(57-21-11-6-12-22-57)58-36-33-53(34-37-58)52-27-25-50(26-28-52)47-15-7-4-8-16-47/h4-41,43-45,62H,42H2,1-3H3. The smallest absolute Gasteiger partial charge is 0.0465 e. The van der Waals surface area contributed by atoms with E-state index in [9.17, 15) is 0 Å². The van der Waals surface area contributed by atoms with E-state index in [1.165, 1.54) is 83.1 Å². The highest BCUT2D eigenvalue weighted by molar-refractivity contribution is 5.87. The van der Waals surface area contributed by atoms with Crippen LogP contribution in [0.2, 0.25) is 0 Å². The molecule has 66 heavy (non-hydrogen) atoms. The van der Waals surface area contributed by atoms with E-state index < -0.39 is 0 Å². The Labute approximate surface area is 390 Å². The van der Waals surface area contributed by atoms with Crippen molar-refractivity contribution in [1.29, 1.82) is 0 Å². The minimum Gasteiger partial charge on any atom is -0.310 e. The number of hydrogen-bond donors (Lipinski definition) is 0. The fourth-order valence-corrected chi connectivity index (χ4v) is 10.5. The van der Waals surface area contributed by atoms with Crippen LogP contribution < -0.4 is 4.90 Å². The Morgan fingerprint density at radius 3 is 1.41 bits per heavy atom. The van der Waals surface area contributed by atoms with Crippen LogP contribution in [0.4, 0.5) is 17.1 Å². The summed E-state index contributed by atoms with van der Waals surface area (Å²) >= 11 is 0. The Morgan fingerprint density at radius 1 is 0.364 bits per heavy atom. The van der Waals surface area contributed by atoms with Gasteiger partial charge in [-0.05, 0) is 138 Å². The molecule has 1 nitrogen and oxygen atoms in total. The summed E-state index contributed by atoms with van der Waals surface area (Å²) in [7, 11) is 0. The molecule has 0 fully saturated rings. The summed E-state index contributed by atoms with van der Waals surface area (Å²) in [5.74, 6) is 0.560. The highest BCUT2D eigenvalue weighted by Crippen LogP contribution is 2.52. The van der Waals surface area contributed by atoms with Gasteiger partial charge in [0.25, 0.3) is 0 Å². The van der Waals surface area contributed by atoms with E-state index in [-0.39, 0.29) is 17.3 Å². The van der Waals surface area contributed by atoms with Crippen molar-refractivity contribution in [3.05, 3.63) is 270 Å². The molecule has 0 bridgehead atoms. The molecule has 0 heterocycles. The molecule has 318 valence electrons. The third kappa shape index (κ3) is 7.82. The molecule has 0 N–H and O–H groups in total. The van der Waals surface area contributed by atoms with Crippen molar-refractivity contribution in [3.8, 4) is 44.5 Å². The van der Waals surface area contributed by atoms with E-state index >= 15 is 0 Å². The van der Waals surface area contributed by atoms with E-state index in [1.807, 2.05) is 0 Å². The monoisotopic (exact) mass is 847 g/mol. The number of anilines is 3. The first-order chi connectivity index (χ1) is 32.4. The molecule has 0 saturated carbocycles. The minimum absolute atomic E-state index is 0.195.